The lowest BCUT2D eigenvalue weighted by Gasteiger charge is -2.18. The van der Waals surface area contributed by atoms with Gasteiger partial charge in [0, 0.05) is 6.54 Å². The first-order valence-corrected chi connectivity index (χ1v) is 7.30. The standard InChI is InChI=1S/C11H12ClN3O4S/c1-19-11(16)5-7-15(8-6-13)20(17,18)10-4-2-3-9(12)14-10/h2-4H,5,7-8H2,1H3. The summed E-state index contributed by atoms with van der Waals surface area (Å²) in [6.07, 6.45) is -0.155. The third-order valence-corrected chi connectivity index (χ3v) is 4.29. The predicted molar refractivity (Wildman–Crippen MR) is 70.3 cm³/mol. The van der Waals surface area contributed by atoms with Gasteiger partial charge >= 0.3 is 5.97 Å². The van der Waals surface area contributed by atoms with Gasteiger partial charge in [-0.2, -0.15) is 9.57 Å². The number of aromatic nitrogens is 1. The van der Waals surface area contributed by atoms with Crippen molar-refractivity contribution in [3.63, 3.8) is 0 Å². The number of rotatable bonds is 6. The number of nitrogens with zero attached hydrogens (tertiary/aromatic N) is 3. The first kappa shape index (κ1) is 16.4. The van der Waals surface area contributed by atoms with Crippen LogP contribution in [-0.4, -0.2) is 43.9 Å². The molecule has 0 fully saturated rings. The molecule has 1 aromatic rings. The number of esters is 1. The molecule has 1 aromatic heterocycles. The molecule has 0 aliphatic carbocycles. The Morgan fingerprint density at radius 1 is 1.55 bits per heavy atom. The fourth-order valence-electron chi connectivity index (χ4n) is 1.35. The van der Waals surface area contributed by atoms with Crippen LogP contribution in [0.5, 0.6) is 0 Å². The zero-order valence-electron chi connectivity index (χ0n) is 10.6. The molecular weight excluding hydrogens is 306 g/mol. The predicted octanol–water partition coefficient (Wildman–Crippen LogP) is 0.812. The molecule has 9 heteroatoms. The van der Waals surface area contributed by atoms with Crippen LogP contribution in [0, 0.1) is 11.3 Å². The van der Waals surface area contributed by atoms with Gasteiger partial charge in [0.1, 0.15) is 11.7 Å². The molecule has 0 aliphatic rings. The number of nitriles is 1. The lowest BCUT2D eigenvalue weighted by atomic mass is 10.4. The molecule has 0 bridgehead atoms. The van der Waals surface area contributed by atoms with E-state index in [1.54, 1.807) is 6.07 Å². The fraction of sp³-hybridized carbons (Fsp3) is 0.364. The fourth-order valence-corrected chi connectivity index (χ4v) is 2.85. The van der Waals surface area contributed by atoms with E-state index in [2.05, 4.69) is 9.72 Å². The molecule has 1 heterocycles. The molecule has 0 unspecified atom stereocenters. The van der Waals surface area contributed by atoms with E-state index in [1.807, 2.05) is 0 Å². The first-order valence-electron chi connectivity index (χ1n) is 5.48. The summed E-state index contributed by atoms with van der Waals surface area (Å²) in [7, 11) is -2.78. The average Bonchev–Trinajstić information content (AvgIpc) is 2.42. The van der Waals surface area contributed by atoms with E-state index in [1.165, 1.54) is 25.3 Å². The molecule has 0 N–H and O–H groups in total. The number of sulfonamides is 1. The average molecular weight is 318 g/mol. The zero-order chi connectivity index (χ0) is 15.2. The molecule has 0 atom stereocenters. The van der Waals surface area contributed by atoms with Crippen LogP contribution in [0.1, 0.15) is 6.42 Å². The molecular formula is C11H12ClN3O4S. The van der Waals surface area contributed by atoms with E-state index in [0.29, 0.717) is 0 Å². The van der Waals surface area contributed by atoms with E-state index in [-0.39, 0.29) is 23.1 Å². The Morgan fingerprint density at radius 3 is 2.80 bits per heavy atom. The minimum absolute atomic E-state index is 0.0240. The number of carbonyl (C=O) groups is 1. The van der Waals surface area contributed by atoms with Gasteiger partial charge in [-0.15, -0.1) is 0 Å². The second-order valence-corrected chi connectivity index (χ2v) is 5.89. The van der Waals surface area contributed by atoms with Crippen LogP contribution in [0.25, 0.3) is 0 Å². The van der Waals surface area contributed by atoms with Gasteiger partial charge in [-0.25, -0.2) is 13.4 Å². The maximum Gasteiger partial charge on any atom is 0.306 e. The van der Waals surface area contributed by atoms with Crippen LogP contribution in [0.3, 0.4) is 0 Å². The minimum atomic E-state index is -3.98. The van der Waals surface area contributed by atoms with Gasteiger partial charge < -0.3 is 4.74 Å². The van der Waals surface area contributed by atoms with Crippen LogP contribution in [0.15, 0.2) is 23.2 Å². The largest absolute Gasteiger partial charge is 0.469 e. The normalized spacial score (nSPS) is 11.1. The number of hydrogen-bond acceptors (Lipinski definition) is 6. The van der Waals surface area contributed by atoms with Crippen molar-refractivity contribution in [1.82, 2.24) is 9.29 Å². The second-order valence-electron chi connectivity index (χ2n) is 3.62. The Morgan fingerprint density at radius 2 is 2.25 bits per heavy atom. The highest BCUT2D eigenvalue weighted by Crippen LogP contribution is 2.16. The number of hydrogen-bond donors (Lipinski definition) is 0. The van der Waals surface area contributed by atoms with E-state index in [9.17, 15) is 13.2 Å². The van der Waals surface area contributed by atoms with Gasteiger partial charge in [0.25, 0.3) is 10.0 Å². The summed E-state index contributed by atoms with van der Waals surface area (Å²) in [4.78, 5) is 14.8. The van der Waals surface area contributed by atoms with Crippen molar-refractivity contribution in [2.75, 3.05) is 20.2 Å². The van der Waals surface area contributed by atoms with Gasteiger partial charge in [0.15, 0.2) is 5.03 Å². The van der Waals surface area contributed by atoms with E-state index in [0.717, 1.165) is 4.31 Å². The van der Waals surface area contributed by atoms with Crippen LogP contribution in [0.2, 0.25) is 5.15 Å². The monoisotopic (exact) mass is 317 g/mol. The van der Waals surface area contributed by atoms with E-state index >= 15 is 0 Å². The van der Waals surface area contributed by atoms with Crippen molar-refractivity contribution in [2.45, 2.75) is 11.4 Å². The van der Waals surface area contributed by atoms with Gasteiger partial charge in [0.05, 0.1) is 19.6 Å². The quantitative estimate of drug-likeness (QED) is 0.437. The van der Waals surface area contributed by atoms with Crippen molar-refractivity contribution < 1.29 is 17.9 Å². The second kappa shape index (κ2) is 7.19. The Labute approximate surface area is 121 Å². The Kier molecular flexibility index (Phi) is 5.88. The van der Waals surface area contributed by atoms with Crippen molar-refractivity contribution in [3.8, 4) is 6.07 Å². The molecule has 0 aliphatic heterocycles. The summed E-state index contributed by atoms with van der Waals surface area (Å²) in [5, 5.41) is 8.46. The van der Waals surface area contributed by atoms with Crippen molar-refractivity contribution in [2.24, 2.45) is 0 Å². The van der Waals surface area contributed by atoms with Crippen molar-refractivity contribution in [3.05, 3.63) is 23.4 Å². The number of carbonyl (C=O) groups excluding carboxylic acids is 1. The Hall–Kier alpha value is -1.69. The summed E-state index contributed by atoms with van der Waals surface area (Å²) in [6, 6.07) is 5.87. The van der Waals surface area contributed by atoms with Crippen LogP contribution in [-0.2, 0) is 19.6 Å². The smallest absolute Gasteiger partial charge is 0.306 e. The molecule has 0 amide bonds. The highest BCUT2D eigenvalue weighted by Gasteiger charge is 2.26. The molecule has 1 rings (SSSR count). The maximum atomic E-state index is 12.3. The van der Waals surface area contributed by atoms with Gasteiger partial charge in [-0.3, -0.25) is 4.79 Å². The molecule has 108 valence electrons. The topological polar surface area (TPSA) is 100 Å². The summed E-state index contributed by atoms with van der Waals surface area (Å²) in [5.74, 6) is -0.567. The van der Waals surface area contributed by atoms with Crippen LogP contribution >= 0.6 is 11.6 Å². The SMILES string of the molecule is COC(=O)CCN(CC#N)S(=O)(=O)c1cccc(Cl)n1. The zero-order valence-corrected chi connectivity index (χ0v) is 12.2. The lowest BCUT2D eigenvalue weighted by molar-refractivity contribution is -0.140. The lowest BCUT2D eigenvalue weighted by Crippen LogP contribution is -2.34. The molecule has 0 saturated heterocycles. The molecule has 0 spiro atoms. The van der Waals surface area contributed by atoms with Crippen LogP contribution < -0.4 is 0 Å². The van der Waals surface area contributed by atoms with Crippen LogP contribution in [0.4, 0.5) is 0 Å². The summed E-state index contributed by atoms with van der Waals surface area (Å²) < 4.78 is 29.8. The van der Waals surface area contributed by atoms with Gasteiger partial charge in [-0.1, -0.05) is 17.7 Å². The summed E-state index contributed by atoms with van der Waals surface area (Å²) >= 11 is 5.65. The summed E-state index contributed by atoms with van der Waals surface area (Å²) in [6.45, 7) is -0.565. The van der Waals surface area contributed by atoms with Crippen molar-refractivity contribution in [1.29, 1.82) is 5.26 Å². The molecule has 0 aromatic carbocycles. The third-order valence-electron chi connectivity index (χ3n) is 2.33. The minimum Gasteiger partial charge on any atom is -0.469 e. The molecule has 0 saturated carbocycles. The van der Waals surface area contributed by atoms with E-state index in [4.69, 9.17) is 16.9 Å². The first-order chi connectivity index (χ1) is 9.41. The number of pyridine rings is 1. The highest BCUT2D eigenvalue weighted by atomic mass is 35.5. The number of halogens is 1. The summed E-state index contributed by atoms with van der Waals surface area (Å²) in [5.41, 5.74) is 0. The van der Waals surface area contributed by atoms with Gasteiger partial charge in [0.2, 0.25) is 0 Å². The molecule has 0 radical (unpaired) electrons. The van der Waals surface area contributed by atoms with E-state index < -0.39 is 22.5 Å². The number of ether oxygens (including phenoxy) is 1. The highest BCUT2D eigenvalue weighted by molar-refractivity contribution is 7.89. The van der Waals surface area contributed by atoms with Crippen molar-refractivity contribution >= 4 is 27.6 Å². The maximum absolute atomic E-state index is 12.3. The molecule has 7 nitrogen and oxygen atoms in total. The molecule has 20 heavy (non-hydrogen) atoms. The van der Waals surface area contributed by atoms with Gasteiger partial charge in [-0.05, 0) is 12.1 Å². The third kappa shape index (κ3) is 4.16. The Balaban J connectivity index is 3.00. The Bertz CT molecular complexity index is 627. The number of methoxy groups -OCH3 is 1.